The summed E-state index contributed by atoms with van der Waals surface area (Å²) >= 11 is 5.78. The molecule has 5 rings (SSSR count). The molecule has 3 N–H and O–H groups in total. The predicted octanol–water partition coefficient (Wildman–Crippen LogP) is 4.74. The van der Waals surface area contributed by atoms with E-state index in [4.69, 9.17) is 11.6 Å². The van der Waals surface area contributed by atoms with E-state index < -0.39 is 34.7 Å². The van der Waals surface area contributed by atoms with Crippen LogP contribution >= 0.6 is 11.6 Å². The van der Waals surface area contributed by atoms with Crippen molar-refractivity contribution >= 4 is 23.0 Å². The smallest absolute Gasteiger partial charge is 0.274 e. The van der Waals surface area contributed by atoms with Gasteiger partial charge in [0.25, 0.3) is 11.5 Å². The molecule has 7 nitrogen and oxygen atoms in total. The lowest BCUT2D eigenvalue weighted by molar-refractivity contribution is 0.0342. The summed E-state index contributed by atoms with van der Waals surface area (Å²) in [5.41, 5.74) is 0.199. The lowest BCUT2D eigenvalue weighted by atomic mass is 9.91. The van der Waals surface area contributed by atoms with Crippen LogP contribution in [0.3, 0.4) is 0 Å². The Morgan fingerprint density at radius 3 is 2.53 bits per heavy atom. The molecule has 1 aliphatic rings. The van der Waals surface area contributed by atoms with Crippen molar-refractivity contribution < 1.29 is 18.7 Å². The number of nitrogens with one attached hydrogen (secondary N) is 2. The van der Waals surface area contributed by atoms with Crippen molar-refractivity contribution in [1.82, 2.24) is 19.9 Å². The summed E-state index contributed by atoms with van der Waals surface area (Å²) < 4.78 is 28.8. The van der Waals surface area contributed by atoms with Gasteiger partial charge in [-0.15, -0.1) is 0 Å². The van der Waals surface area contributed by atoms with Gasteiger partial charge in [0.05, 0.1) is 28.6 Å². The molecule has 186 valence electrons. The number of hydrogen-bond acceptors (Lipinski definition) is 4. The maximum Gasteiger partial charge on any atom is 0.274 e. The van der Waals surface area contributed by atoms with Gasteiger partial charge in [-0.05, 0) is 62.4 Å². The van der Waals surface area contributed by atoms with Crippen molar-refractivity contribution in [3.8, 4) is 11.3 Å². The SMILES string of the molecule is CC(C)(O)[C@@H](NC(=O)c1nn2cc(-c3ccc(Cl)c(F)c3)[nH]c(=O)c2c1C1CC1)c1ccc(F)cc1. The number of carbonyl (C=O) groups excluding carboxylic acids is 1. The lowest BCUT2D eigenvalue weighted by Gasteiger charge is -2.30. The summed E-state index contributed by atoms with van der Waals surface area (Å²) in [6, 6.07) is 8.78. The molecule has 1 saturated carbocycles. The minimum absolute atomic E-state index is 0.00501. The highest BCUT2D eigenvalue weighted by Crippen LogP contribution is 2.43. The van der Waals surface area contributed by atoms with E-state index in [1.54, 1.807) is 6.07 Å². The Hall–Kier alpha value is -3.56. The Morgan fingerprint density at radius 1 is 1.22 bits per heavy atom. The van der Waals surface area contributed by atoms with Gasteiger partial charge in [0.15, 0.2) is 5.69 Å². The average Bonchev–Trinajstić information content (AvgIpc) is 3.58. The number of aromatic amines is 1. The van der Waals surface area contributed by atoms with E-state index in [2.05, 4.69) is 15.4 Å². The summed E-state index contributed by atoms with van der Waals surface area (Å²) in [5.74, 6) is -1.65. The first-order valence-electron chi connectivity index (χ1n) is 11.4. The van der Waals surface area contributed by atoms with E-state index in [-0.39, 0.29) is 22.2 Å². The number of benzene rings is 2. The molecule has 0 bridgehead atoms. The molecule has 0 unspecified atom stereocenters. The quantitative estimate of drug-likeness (QED) is 0.347. The number of aliphatic hydroxyl groups is 1. The highest BCUT2D eigenvalue weighted by Gasteiger charge is 2.37. The summed E-state index contributed by atoms with van der Waals surface area (Å²) in [5, 5.41) is 17.9. The van der Waals surface area contributed by atoms with Gasteiger partial charge in [-0.2, -0.15) is 5.10 Å². The monoisotopic (exact) mass is 512 g/mol. The number of carbonyl (C=O) groups is 1. The lowest BCUT2D eigenvalue weighted by Crippen LogP contribution is -2.42. The minimum Gasteiger partial charge on any atom is -0.388 e. The van der Waals surface area contributed by atoms with E-state index in [0.29, 0.717) is 22.4 Å². The highest BCUT2D eigenvalue weighted by molar-refractivity contribution is 6.30. The number of amides is 1. The fraction of sp³-hybridized carbons (Fsp3) is 0.269. The van der Waals surface area contributed by atoms with Gasteiger partial charge >= 0.3 is 0 Å². The largest absolute Gasteiger partial charge is 0.388 e. The maximum atomic E-state index is 14.0. The van der Waals surface area contributed by atoms with Gasteiger partial charge in [0.1, 0.15) is 17.2 Å². The van der Waals surface area contributed by atoms with Crippen LogP contribution in [-0.2, 0) is 0 Å². The fourth-order valence-corrected chi connectivity index (χ4v) is 4.48. The molecule has 1 fully saturated rings. The Bertz CT molecular complexity index is 1540. The van der Waals surface area contributed by atoms with Crippen molar-refractivity contribution in [2.75, 3.05) is 0 Å². The summed E-state index contributed by atoms with van der Waals surface area (Å²) in [7, 11) is 0. The number of nitrogens with zero attached hydrogens (tertiary/aromatic N) is 2. The van der Waals surface area contributed by atoms with E-state index in [9.17, 15) is 23.5 Å². The zero-order chi connectivity index (χ0) is 25.8. The molecule has 1 amide bonds. The number of halogens is 3. The summed E-state index contributed by atoms with van der Waals surface area (Å²) in [6.45, 7) is 3.07. The van der Waals surface area contributed by atoms with Crippen LogP contribution in [0.15, 0.2) is 53.5 Å². The molecule has 2 aromatic heterocycles. The first-order valence-corrected chi connectivity index (χ1v) is 11.8. The van der Waals surface area contributed by atoms with Crippen LogP contribution in [0.4, 0.5) is 8.78 Å². The molecule has 36 heavy (non-hydrogen) atoms. The normalized spacial score (nSPS) is 14.7. The van der Waals surface area contributed by atoms with Gasteiger partial charge in [0, 0.05) is 11.1 Å². The van der Waals surface area contributed by atoms with Crippen molar-refractivity contribution in [2.45, 2.75) is 44.2 Å². The molecule has 4 aromatic rings. The molecule has 2 aromatic carbocycles. The molecule has 1 atom stereocenters. The van der Waals surface area contributed by atoms with Crippen LogP contribution in [0.25, 0.3) is 16.8 Å². The van der Waals surface area contributed by atoms with Gasteiger partial charge in [-0.1, -0.05) is 29.8 Å². The zero-order valence-corrected chi connectivity index (χ0v) is 20.2. The highest BCUT2D eigenvalue weighted by atomic mass is 35.5. The molecule has 1 aliphatic carbocycles. The molecular weight excluding hydrogens is 490 g/mol. The number of rotatable bonds is 6. The molecule has 0 radical (unpaired) electrons. The molecule has 10 heteroatoms. The first-order chi connectivity index (χ1) is 17.0. The molecule has 2 heterocycles. The van der Waals surface area contributed by atoms with Crippen molar-refractivity contribution in [1.29, 1.82) is 0 Å². The van der Waals surface area contributed by atoms with Crippen LogP contribution < -0.4 is 10.9 Å². The fourth-order valence-electron chi connectivity index (χ4n) is 4.36. The van der Waals surface area contributed by atoms with Crippen molar-refractivity contribution in [3.63, 3.8) is 0 Å². The maximum absolute atomic E-state index is 14.0. The average molecular weight is 513 g/mol. The number of fused-ring (bicyclic) bond motifs is 1. The molecule has 0 spiro atoms. The molecule has 0 saturated heterocycles. The third-order valence-electron chi connectivity index (χ3n) is 6.28. The van der Waals surface area contributed by atoms with E-state index in [1.807, 2.05) is 0 Å². The predicted molar refractivity (Wildman–Crippen MR) is 131 cm³/mol. The Kier molecular flexibility index (Phi) is 5.92. The summed E-state index contributed by atoms with van der Waals surface area (Å²) in [6.07, 6.45) is 3.13. The van der Waals surface area contributed by atoms with Crippen LogP contribution in [-0.4, -0.2) is 31.2 Å². The first kappa shape index (κ1) is 24.1. The molecular formula is C26H23ClF2N4O3. The van der Waals surface area contributed by atoms with Crippen molar-refractivity contribution in [2.24, 2.45) is 0 Å². The van der Waals surface area contributed by atoms with E-state index >= 15 is 0 Å². The second-order valence-corrected chi connectivity index (χ2v) is 9.97. The third-order valence-corrected chi connectivity index (χ3v) is 6.58. The van der Waals surface area contributed by atoms with Gasteiger partial charge in [-0.25, -0.2) is 13.3 Å². The van der Waals surface area contributed by atoms with Crippen LogP contribution in [0.2, 0.25) is 5.02 Å². The van der Waals surface area contributed by atoms with E-state index in [0.717, 1.165) is 12.8 Å². The number of hydrogen-bond donors (Lipinski definition) is 3. The Balaban J connectivity index is 1.58. The standard InChI is InChI=1S/C26H23ClF2N4O3/c1-26(2,36)23(14-5-8-16(28)9-6-14)31-24(34)21-20(13-3-4-13)22-25(35)30-19(12-33(22)32-21)15-7-10-17(27)18(29)11-15/h5-13,23,36H,3-4H2,1-2H3,(H,30,35)(H,31,34)/t23-/m0/s1. The summed E-state index contributed by atoms with van der Waals surface area (Å²) in [4.78, 5) is 29.3. The second-order valence-electron chi connectivity index (χ2n) is 9.57. The van der Waals surface area contributed by atoms with Gasteiger partial charge < -0.3 is 15.4 Å². The minimum atomic E-state index is -1.38. The topological polar surface area (TPSA) is 99.5 Å². The zero-order valence-electron chi connectivity index (χ0n) is 19.5. The van der Waals surface area contributed by atoms with Crippen molar-refractivity contribution in [3.05, 3.63) is 92.5 Å². The van der Waals surface area contributed by atoms with Crippen LogP contribution in [0, 0.1) is 11.6 Å². The number of aromatic nitrogens is 3. The van der Waals surface area contributed by atoms with Crippen LogP contribution in [0.5, 0.6) is 0 Å². The number of H-pyrrole nitrogens is 1. The van der Waals surface area contributed by atoms with Crippen LogP contribution in [0.1, 0.15) is 60.3 Å². The van der Waals surface area contributed by atoms with E-state index in [1.165, 1.54) is 61.0 Å². The third kappa shape index (κ3) is 4.52. The second kappa shape index (κ2) is 8.83. The van der Waals surface area contributed by atoms with Gasteiger partial charge in [-0.3, -0.25) is 9.59 Å². The Labute approximate surface area is 209 Å². The Morgan fingerprint density at radius 2 is 1.92 bits per heavy atom. The van der Waals surface area contributed by atoms with Gasteiger partial charge in [0.2, 0.25) is 0 Å². The molecule has 0 aliphatic heterocycles.